The van der Waals surface area contributed by atoms with Crippen LogP contribution in [0.2, 0.25) is 0 Å². The Labute approximate surface area is 108 Å². The molecular weight excluding hydrogens is 226 g/mol. The first-order chi connectivity index (χ1) is 8.31. The zero-order valence-electron chi connectivity index (χ0n) is 11.5. The standard InChI is InChI=1S/C14H21N3O/c1-5-11(16)9-17-12(14(2,3)4)7-6-10(8-15)13(17)18/h6-7,11H,5,9,16H2,1-4H3. The molecule has 1 heterocycles. The number of nitrogens with zero attached hydrogens (tertiary/aromatic N) is 2. The van der Waals surface area contributed by atoms with Crippen LogP contribution in [0, 0.1) is 11.3 Å². The first-order valence-corrected chi connectivity index (χ1v) is 6.21. The van der Waals surface area contributed by atoms with E-state index in [1.807, 2.05) is 39.8 Å². The molecule has 0 aliphatic heterocycles. The molecule has 0 spiro atoms. The van der Waals surface area contributed by atoms with E-state index in [4.69, 9.17) is 11.0 Å². The lowest BCUT2D eigenvalue weighted by Gasteiger charge is -2.25. The summed E-state index contributed by atoms with van der Waals surface area (Å²) < 4.78 is 1.65. The van der Waals surface area contributed by atoms with Crippen molar-refractivity contribution in [1.82, 2.24) is 4.57 Å². The van der Waals surface area contributed by atoms with Crippen LogP contribution in [0.3, 0.4) is 0 Å². The third-order valence-electron chi connectivity index (χ3n) is 3.00. The predicted molar refractivity (Wildman–Crippen MR) is 72.4 cm³/mol. The highest BCUT2D eigenvalue weighted by Gasteiger charge is 2.21. The van der Waals surface area contributed by atoms with Crippen LogP contribution in [-0.2, 0) is 12.0 Å². The Kier molecular flexibility index (Phi) is 4.31. The van der Waals surface area contributed by atoms with Gasteiger partial charge in [-0.05, 0) is 18.6 Å². The van der Waals surface area contributed by atoms with E-state index >= 15 is 0 Å². The molecule has 0 fully saturated rings. The highest BCUT2D eigenvalue weighted by molar-refractivity contribution is 5.30. The summed E-state index contributed by atoms with van der Waals surface area (Å²) in [6, 6.07) is 5.30. The van der Waals surface area contributed by atoms with Gasteiger partial charge in [-0.2, -0.15) is 5.26 Å². The molecule has 0 aromatic carbocycles. The number of nitrogens with two attached hydrogens (primary N) is 1. The van der Waals surface area contributed by atoms with Crippen molar-refractivity contribution in [3.8, 4) is 6.07 Å². The first kappa shape index (κ1) is 14.5. The molecule has 18 heavy (non-hydrogen) atoms. The first-order valence-electron chi connectivity index (χ1n) is 6.21. The maximum absolute atomic E-state index is 12.2. The Morgan fingerprint density at radius 1 is 1.44 bits per heavy atom. The topological polar surface area (TPSA) is 71.8 Å². The second kappa shape index (κ2) is 5.36. The summed E-state index contributed by atoms with van der Waals surface area (Å²) in [6.07, 6.45) is 0.798. The van der Waals surface area contributed by atoms with Crippen LogP contribution < -0.4 is 11.3 Å². The third-order valence-corrected chi connectivity index (χ3v) is 3.00. The van der Waals surface area contributed by atoms with Gasteiger partial charge in [0.1, 0.15) is 11.6 Å². The summed E-state index contributed by atoms with van der Waals surface area (Å²) in [5, 5.41) is 8.93. The molecule has 0 saturated heterocycles. The second-order valence-corrected chi connectivity index (χ2v) is 5.58. The lowest BCUT2D eigenvalue weighted by atomic mass is 9.90. The summed E-state index contributed by atoms with van der Waals surface area (Å²) in [6.45, 7) is 8.57. The molecular formula is C14H21N3O. The van der Waals surface area contributed by atoms with E-state index in [2.05, 4.69) is 0 Å². The van der Waals surface area contributed by atoms with Crippen LogP contribution in [-0.4, -0.2) is 10.6 Å². The summed E-state index contributed by atoms with van der Waals surface area (Å²) in [4.78, 5) is 12.2. The van der Waals surface area contributed by atoms with Crippen molar-refractivity contribution in [2.24, 2.45) is 5.73 Å². The molecule has 0 saturated carbocycles. The minimum Gasteiger partial charge on any atom is -0.326 e. The number of hydrogen-bond donors (Lipinski definition) is 1. The molecule has 4 nitrogen and oxygen atoms in total. The minimum atomic E-state index is -0.242. The van der Waals surface area contributed by atoms with Gasteiger partial charge >= 0.3 is 0 Å². The summed E-state index contributed by atoms with van der Waals surface area (Å²) in [5.74, 6) is 0. The van der Waals surface area contributed by atoms with Crippen molar-refractivity contribution < 1.29 is 0 Å². The molecule has 1 aromatic heterocycles. The van der Waals surface area contributed by atoms with Gasteiger partial charge in [0.25, 0.3) is 5.56 Å². The van der Waals surface area contributed by atoms with E-state index in [9.17, 15) is 4.79 Å². The molecule has 98 valence electrons. The Hall–Kier alpha value is -1.60. The fourth-order valence-corrected chi connectivity index (χ4v) is 1.86. The summed E-state index contributed by atoms with van der Waals surface area (Å²) in [5.41, 5.74) is 6.63. The third kappa shape index (κ3) is 2.99. The highest BCUT2D eigenvalue weighted by atomic mass is 16.1. The smallest absolute Gasteiger partial charge is 0.268 e. The van der Waals surface area contributed by atoms with Crippen molar-refractivity contribution in [2.75, 3.05) is 0 Å². The van der Waals surface area contributed by atoms with Gasteiger partial charge < -0.3 is 10.3 Å². The fraction of sp³-hybridized carbons (Fsp3) is 0.571. The average molecular weight is 247 g/mol. The van der Waals surface area contributed by atoms with Gasteiger partial charge in [0.2, 0.25) is 0 Å². The van der Waals surface area contributed by atoms with E-state index in [-0.39, 0.29) is 22.6 Å². The van der Waals surface area contributed by atoms with Gasteiger partial charge in [0, 0.05) is 23.7 Å². The maximum Gasteiger partial charge on any atom is 0.268 e. The van der Waals surface area contributed by atoms with Gasteiger partial charge in [-0.15, -0.1) is 0 Å². The Bertz CT molecular complexity index is 517. The zero-order chi connectivity index (χ0) is 13.9. The van der Waals surface area contributed by atoms with Crippen LogP contribution in [0.5, 0.6) is 0 Å². The molecule has 1 unspecified atom stereocenters. The van der Waals surface area contributed by atoms with E-state index in [0.29, 0.717) is 6.54 Å². The Morgan fingerprint density at radius 2 is 2.06 bits per heavy atom. The van der Waals surface area contributed by atoms with Crippen molar-refractivity contribution in [2.45, 2.75) is 52.1 Å². The monoisotopic (exact) mass is 247 g/mol. The Balaban J connectivity index is 3.42. The Morgan fingerprint density at radius 3 is 2.50 bits per heavy atom. The van der Waals surface area contributed by atoms with Crippen molar-refractivity contribution in [3.05, 3.63) is 33.7 Å². The van der Waals surface area contributed by atoms with Crippen molar-refractivity contribution in [3.63, 3.8) is 0 Å². The largest absolute Gasteiger partial charge is 0.326 e. The fourth-order valence-electron chi connectivity index (χ4n) is 1.86. The van der Waals surface area contributed by atoms with Gasteiger partial charge in [0.15, 0.2) is 0 Å². The molecule has 2 N–H and O–H groups in total. The quantitative estimate of drug-likeness (QED) is 0.884. The van der Waals surface area contributed by atoms with Crippen molar-refractivity contribution in [1.29, 1.82) is 5.26 Å². The lowest BCUT2D eigenvalue weighted by Crippen LogP contribution is -2.37. The number of aromatic nitrogens is 1. The lowest BCUT2D eigenvalue weighted by molar-refractivity contribution is 0.459. The van der Waals surface area contributed by atoms with Gasteiger partial charge in [-0.1, -0.05) is 27.7 Å². The molecule has 0 aliphatic rings. The van der Waals surface area contributed by atoms with Gasteiger partial charge in [-0.3, -0.25) is 4.79 Å². The molecule has 0 radical (unpaired) electrons. The second-order valence-electron chi connectivity index (χ2n) is 5.58. The molecule has 0 aliphatic carbocycles. The normalized spacial score (nSPS) is 13.1. The van der Waals surface area contributed by atoms with Crippen LogP contribution in [0.15, 0.2) is 16.9 Å². The number of rotatable bonds is 3. The van der Waals surface area contributed by atoms with E-state index < -0.39 is 0 Å². The minimum absolute atomic E-state index is 0.0715. The number of hydrogen-bond acceptors (Lipinski definition) is 3. The number of nitriles is 1. The van der Waals surface area contributed by atoms with E-state index in [1.54, 1.807) is 10.6 Å². The van der Waals surface area contributed by atoms with Gasteiger partial charge in [-0.25, -0.2) is 0 Å². The van der Waals surface area contributed by atoms with E-state index in [1.165, 1.54) is 0 Å². The average Bonchev–Trinajstić information content (AvgIpc) is 2.29. The molecule has 0 bridgehead atoms. The summed E-state index contributed by atoms with van der Waals surface area (Å²) >= 11 is 0. The van der Waals surface area contributed by atoms with Crippen LogP contribution >= 0.6 is 0 Å². The van der Waals surface area contributed by atoms with Crippen LogP contribution in [0.25, 0.3) is 0 Å². The zero-order valence-corrected chi connectivity index (χ0v) is 11.5. The molecule has 0 amide bonds. The maximum atomic E-state index is 12.2. The van der Waals surface area contributed by atoms with E-state index in [0.717, 1.165) is 12.1 Å². The summed E-state index contributed by atoms with van der Waals surface area (Å²) in [7, 11) is 0. The number of pyridine rings is 1. The molecule has 1 aromatic rings. The predicted octanol–water partition coefficient (Wildman–Crippen LogP) is 1.75. The SMILES string of the molecule is CCC(N)Cn1c(C(C)(C)C)ccc(C#N)c1=O. The van der Waals surface area contributed by atoms with Crippen molar-refractivity contribution >= 4 is 0 Å². The van der Waals surface area contributed by atoms with Crippen LogP contribution in [0.4, 0.5) is 0 Å². The highest BCUT2D eigenvalue weighted by Crippen LogP contribution is 2.21. The molecule has 1 atom stereocenters. The molecule has 4 heteroatoms. The molecule has 1 rings (SSSR count). The van der Waals surface area contributed by atoms with Crippen LogP contribution in [0.1, 0.15) is 45.4 Å². The van der Waals surface area contributed by atoms with Gasteiger partial charge in [0.05, 0.1) is 0 Å².